The maximum Gasteiger partial charge on any atom is 0.102 e. The molecule has 4 N–H and O–H groups in total. The molecule has 0 atom stereocenters. The Hall–Kier alpha value is -3.23. The fourth-order valence-electron chi connectivity index (χ4n) is 3.54. The van der Waals surface area contributed by atoms with Crippen molar-refractivity contribution in [2.75, 3.05) is 6.54 Å². The lowest BCUT2D eigenvalue weighted by molar-refractivity contribution is 0.827. The monoisotopic (exact) mass is 417 g/mol. The first kappa shape index (κ1) is 25.8. The summed E-state index contributed by atoms with van der Waals surface area (Å²) in [6.07, 6.45) is 9.42. The van der Waals surface area contributed by atoms with E-state index >= 15 is 0 Å². The van der Waals surface area contributed by atoms with Gasteiger partial charge < -0.3 is 11.1 Å². The van der Waals surface area contributed by atoms with Crippen LogP contribution in [0.3, 0.4) is 0 Å². The number of nitriles is 1. The Morgan fingerprint density at radius 3 is 2.55 bits per heavy atom. The van der Waals surface area contributed by atoms with Gasteiger partial charge >= 0.3 is 0 Å². The Morgan fingerprint density at radius 1 is 1.35 bits per heavy atom. The molecule has 5 nitrogen and oxygen atoms in total. The Balaban J connectivity index is 0.00000233. The Morgan fingerprint density at radius 2 is 2.06 bits per heavy atom. The number of allylic oxidation sites excluding steroid dienone is 7. The standard InChI is InChI=1S/C24H29N5.C2H6/c1-5-9-18(6-2)19(7-3)22-20(12-25)16(4)23(27)24(21(22)13-26)29-15-17-10-8-11-28-14-17;1-2/h7-11,14,27,29H,4-6,12,15,25H2,1-3H3;1-2H3/b18-9-,19-7+,27-23?;. The first-order chi connectivity index (χ1) is 15.0. The van der Waals surface area contributed by atoms with Gasteiger partial charge in [0.05, 0.1) is 17.0 Å². The predicted octanol–water partition coefficient (Wildman–Crippen LogP) is 5.51. The minimum Gasteiger partial charge on any atom is -0.378 e. The third-order valence-electron chi connectivity index (χ3n) is 4.96. The highest BCUT2D eigenvalue weighted by Gasteiger charge is 2.30. The molecule has 1 heterocycles. The van der Waals surface area contributed by atoms with E-state index in [1.807, 2.05) is 39.0 Å². The number of nitrogens with one attached hydrogen (secondary N) is 2. The van der Waals surface area contributed by atoms with Crippen LogP contribution in [0.5, 0.6) is 0 Å². The second-order valence-electron chi connectivity index (χ2n) is 6.68. The molecule has 164 valence electrons. The highest BCUT2D eigenvalue weighted by atomic mass is 14.9. The fraction of sp³-hybridized carbons (Fsp3) is 0.346. The van der Waals surface area contributed by atoms with Crippen molar-refractivity contribution in [2.45, 2.75) is 54.0 Å². The van der Waals surface area contributed by atoms with E-state index in [2.05, 4.69) is 42.9 Å². The molecule has 0 aliphatic heterocycles. The number of hydrogen-bond acceptors (Lipinski definition) is 5. The molecule has 1 aromatic rings. The predicted molar refractivity (Wildman–Crippen MR) is 130 cm³/mol. The van der Waals surface area contributed by atoms with Crippen LogP contribution in [0.4, 0.5) is 0 Å². The van der Waals surface area contributed by atoms with Crippen LogP contribution >= 0.6 is 0 Å². The van der Waals surface area contributed by atoms with Gasteiger partial charge in [-0.15, -0.1) is 0 Å². The Labute approximate surface area is 187 Å². The van der Waals surface area contributed by atoms with Crippen LogP contribution in [0.2, 0.25) is 0 Å². The summed E-state index contributed by atoms with van der Waals surface area (Å²) in [5, 5.41) is 21.9. The molecule has 1 aromatic heterocycles. The summed E-state index contributed by atoms with van der Waals surface area (Å²) in [5.41, 5.74) is 12.4. The Bertz CT molecular complexity index is 953. The summed E-state index contributed by atoms with van der Waals surface area (Å²) in [5.74, 6) is 0. The second kappa shape index (κ2) is 13.1. The van der Waals surface area contributed by atoms with Crippen LogP contribution in [-0.4, -0.2) is 17.2 Å². The maximum absolute atomic E-state index is 10.1. The molecule has 1 aliphatic rings. The van der Waals surface area contributed by atoms with E-state index in [0.29, 0.717) is 23.4 Å². The molecule has 0 bridgehead atoms. The van der Waals surface area contributed by atoms with Crippen molar-refractivity contribution >= 4 is 5.71 Å². The smallest absolute Gasteiger partial charge is 0.102 e. The van der Waals surface area contributed by atoms with Gasteiger partial charge in [-0.25, -0.2) is 0 Å². The molecule has 31 heavy (non-hydrogen) atoms. The van der Waals surface area contributed by atoms with Crippen molar-refractivity contribution in [1.29, 1.82) is 10.7 Å². The third-order valence-corrected chi connectivity index (χ3v) is 4.96. The molecule has 0 amide bonds. The van der Waals surface area contributed by atoms with Crippen molar-refractivity contribution in [1.82, 2.24) is 10.3 Å². The van der Waals surface area contributed by atoms with E-state index in [-0.39, 0.29) is 12.3 Å². The average molecular weight is 418 g/mol. The molecule has 0 saturated heterocycles. The quantitative estimate of drug-likeness (QED) is 0.485. The van der Waals surface area contributed by atoms with Crippen LogP contribution < -0.4 is 11.1 Å². The summed E-state index contributed by atoms with van der Waals surface area (Å²) < 4.78 is 0. The largest absolute Gasteiger partial charge is 0.378 e. The molecule has 0 saturated carbocycles. The zero-order chi connectivity index (χ0) is 23.4. The zero-order valence-corrected chi connectivity index (χ0v) is 19.5. The molecule has 0 fully saturated rings. The number of nitrogens with zero attached hydrogens (tertiary/aromatic N) is 2. The van der Waals surface area contributed by atoms with E-state index in [1.54, 1.807) is 12.4 Å². The number of nitrogens with two attached hydrogens (primary N) is 1. The topological polar surface area (TPSA) is 98.6 Å². The molecular formula is C26H35N5. The van der Waals surface area contributed by atoms with Gasteiger partial charge in [-0.3, -0.25) is 10.4 Å². The summed E-state index contributed by atoms with van der Waals surface area (Å²) in [6, 6.07) is 6.14. The molecule has 0 spiro atoms. The van der Waals surface area contributed by atoms with Crippen LogP contribution in [0.15, 0.2) is 82.4 Å². The lowest BCUT2D eigenvalue weighted by atomic mass is 9.78. The van der Waals surface area contributed by atoms with Crippen LogP contribution in [0.1, 0.15) is 53.0 Å². The molecule has 0 unspecified atom stereocenters. The number of pyridine rings is 1. The lowest BCUT2D eigenvalue weighted by Crippen LogP contribution is -2.30. The van der Waals surface area contributed by atoms with Gasteiger partial charge in [-0.05, 0) is 53.7 Å². The molecule has 0 aromatic carbocycles. The second-order valence-corrected chi connectivity index (χ2v) is 6.68. The third kappa shape index (κ3) is 5.90. The fourth-order valence-corrected chi connectivity index (χ4v) is 3.54. The maximum atomic E-state index is 10.1. The normalized spacial score (nSPS) is 14.9. The molecule has 1 aliphatic carbocycles. The van der Waals surface area contributed by atoms with E-state index in [4.69, 9.17) is 11.1 Å². The van der Waals surface area contributed by atoms with Crippen molar-refractivity contribution in [3.05, 3.63) is 88.0 Å². The lowest BCUT2D eigenvalue weighted by Gasteiger charge is -2.28. The SMILES string of the molecule is C=C1C(=N)C(NCc2cccnc2)=C(C#N)C(C(=C/C)/C(=C\CC)CC)=C1CN.CC. The van der Waals surface area contributed by atoms with Gasteiger partial charge in [0.1, 0.15) is 6.07 Å². The number of hydrogen-bond donors (Lipinski definition) is 3. The van der Waals surface area contributed by atoms with Crippen molar-refractivity contribution in [2.24, 2.45) is 5.73 Å². The summed E-state index contributed by atoms with van der Waals surface area (Å²) in [4.78, 5) is 4.12. The highest BCUT2D eigenvalue weighted by Crippen LogP contribution is 2.38. The van der Waals surface area contributed by atoms with Crippen LogP contribution in [-0.2, 0) is 6.54 Å². The summed E-state index contributed by atoms with van der Waals surface area (Å²) in [7, 11) is 0. The van der Waals surface area contributed by atoms with Crippen molar-refractivity contribution < 1.29 is 0 Å². The van der Waals surface area contributed by atoms with Crippen LogP contribution in [0.25, 0.3) is 0 Å². The number of aromatic nitrogens is 1. The molecular weight excluding hydrogens is 382 g/mol. The van der Waals surface area contributed by atoms with Gasteiger partial charge in [0.2, 0.25) is 0 Å². The first-order valence-electron chi connectivity index (χ1n) is 10.9. The van der Waals surface area contributed by atoms with Crippen molar-refractivity contribution in [3.8, 4) is 6.07 Å². The first-order valence-corrected chi connectivity index (χ1v) is 10.9. The minimum absolute atomic E-state index is 0.211. The van der Waals surface area contributed by atoms with Gasteiger partial charge in [0.25, 0.3) is 0 Å². The van der Waals surface area contributed by atoms with E-state index in [9.17, 15) is 5.26 Å². The highest BCUT2D eigenvalue weighted by molar-refractivity contribution is 6.16. The Kier molecular flexibility index (Phi) is 10.9. The molecule has 0 radical (unpaired) electrons. The van der Waals surface area contributed by atoms with Gasteiger partial charge in [-0.1, -0.05) is 52.5 Å². The molecule has 2 rings (SSSR count). The average Bonchev–Trinajstić information content (AvgIpc) is 2.82. The van der Waals surface area contributed by atoms with Crippen LogP contribution in [0, 0.1) is 16.7 Å². The number of rotatable bonds is 8. The van der Waals surface area contributed by atoms with Crippen molar-refractivity contribution in [3.63, 3.8) is 0 Å². The van der Waals surface area contributed by atoms with Gasteiger partial charge in [-0.2, -0.15) is 5.26 Å². The summed E-state index contributed by atoms with van der Waals surface area (Å²) >= 11 is 0. The zero-order valence-electron chi connectivity index (χ0n) is 19.5. The van der Waals surface area contributed by atoms with E-state index in [0.717, 1.165) is 40.7 Å². The molecule has 5 heteroatoms. The summed E-state index contributed by atoms with van der Waals surface area (Å²) in [6.45, 7) is 15.0. The van der Waals surface area contributed by atoms with E-state index < -0.39 is 0 Å². The van der Waals surface area contributed by atoms with Gasteiger partial charge in [0, 0.05) is 31.1 Å². The van der Waals surface area contributed by atoms with Gasteiger partial charge in [0.15, 0.2) is 0 Å². The minimum atomic E-state index is 0.211. The van der Waals surface area contributed by atoms with E-state index in [1.165, 1.54) is 0 Å².